The molecule has 3 rings (SSSR count). The summed E-state index contributed by atoms with van der Waals surface area (Å²) >= 11 is 0. The Bertz CT molecular complexity index is 816. The number of aryl methyl sites for hydroxylation is 2. The first-order valence-electron chi connectivity index (χ1n) is 6.80. The summed E-state index contributed by atoms with van der Waals surface area (Å²) in [6.45, 7) is 2.60. The average Bonchev–Trinajstić information content (AvgIpc) is 3.03. The summed E-state index contributed by atoms with van der Waals surface area (Å²) in [5.41, 5.74) is 2.53. The summed E-state index contributed by atoms with van der Waals surface area (Å²) in [4.78, 5) is 15.8. The van der Waals surface area contributed by atoms with Crippen LogP contribution in [0.1, 0.15) is 28.8 Å². The molecular formula is C15H16N4O2. The van der Waals surface area contributed by atoms with Crippen molar-refractivity contribution in [1.29, 1.82) is 0 Å². The lowest BCUT2D eigenvalue weighted by Gasteiger charge is -2.06. The molecule has 0 radical (unpaired) electrons. The molecule has 2 aromatic heterocycles. The monoisotopic (exact) mass is 284 g/mol. The number of aromatic nitrogens is 4. The van der Waals surface area contributed by atoms with Gasteiger partial charge in [0.25, 0.3) is 0 Å². The summed E-state index contributed by atoms with van der Waals surface area (Å²) in [7, 11) is 1.87. The number of hydrogen-bond donors (Lipinski definition) is 1. The first kappa shape index (κ1) is 13.4. The smallest absolute Gasteiger partial charge is 0.337 e. The van der Waals surface area contributed by atoms with Gasteiger partial charge in [0.05, 0.1) is 23.3 Å². The van der Waals surface area contributed by atoms with Crippen LogP contribution < -0.4 is 0 Å². The Kier molecular flexibility index (Phi) is 3.21. The van der Waals surface area contributed by atoms with Gasteiger partial charge in [0.2, 0.25) is 0 Å². The molecule has 0 aliphatic carbocycles. The third-order valence-corrected chi connectivity index (χ3v) is 3.49. The Balaban J connectivity index is 2.16. The Hall–Kier alpha value is -2.63. The number of carboxylic acid groups (broad SMARTS) is 1. The quantitative estimate of drug-likeness (QED) is 0.796. The number of hydrogen-bond acceptors (Lipinski definition) is 3. The number of benzene rings is 1. The molecule has 1 aromatic carbocycles. The van der Waals surface area contributed by atoms with Gasteiger partial charge in [-0.15, -0.1) is 0 Å². The predicted octanol–water partition coefficient (Wildman–Crippen LogP) is 2.08. The van der Waals surface area contributed by atoms with Gasteiger partial charge in [-0.25, -0.2) is 9.78 Å². The minimum atomic E-state index is -0.953. The number of carboxylic acids is 1. The van der Waals surface area contributed by atoms with E-state index < -0.39 is 5.97 Å². The van der Waals surface area contributed by atoms with Gasteiger partial charge in [-0.3, -0.25) is 4.68 Å². The number of imidazole rings is 1. The molecular weight excluding hydrogens is 268 g/mol. The fourth-order valence-corrected chi connectivity index (χ4v) is 2.52. The van der Waals surface area contributed by atoms with Crippen LogP contribution in [0.2, 0.25) is 0 Å². The molecule has 108 valence electrons. The predicted molar refractivity (Wildman–Crippen MR) is 78.4 cm³/mol. The number of carbonyl (C=O) groups is 1. The number of para-hydroxylation sites is 1. The standard InChI is InChI=1S/C15H16N4O2/c1-3-13-16-14-11(15(20)21)5-4-6-12(14)19(13)9-10-7-8-18(2)17-10/h4-8H,3,9H2,1-2H3,(H,20,21). The highest BCUT2D eigenvalue weighted by Crippen LogP contribution is 2.21. The minimum Gasteiger partial charge on any atom is -0.478 e. The number of aromatic carboxylic acids is 1. The molecule has 3 aromatic rings. The van der Waals surface area contributed by atoms with Gasteiger partial charge in [0.15, 0.2) is 0 Å². The van der Waals surface area contributed by atoms with E-state index in [2.05, 4.69) is 10.1 Å². The molecule has 0 amide bonds. The summed E-state index contributed by atoms with van der Waals surface area (Å²) in [5, 5.41) is 13.7. The highest BCUT2D eigenvalue weighted by Gasteiger charge is 2.16. The van der Waals surface area contributed by atoms with Gasteiger partial charge >= 0.3 is 5.97 Å². The molecule has 0 fully saturated rings. The molecule has 0 aliphatic rings. The van der Waals surface area contributed by atoms with E-state index in [1.165, 1.54) is 0 Å². The molecule has 0 saturated carbocycles. The molecule has 0 aliphatic heterocycles. The third kappa shape index (κ3) is 2.29. The van der Waals surface area contributed by atoms with Crippen LogP contribution >= 0.6 is 0 Å². The van der Waals surface area contributed by atoms with E-state index in [9.17, 15) is 9.90 Å². The zero-order valence-corrected chi connectivity index (χ0v) is 11.9. The van der Waals surface area contributed by atoms with Gasteiger partial charge in [-0.1, -0.05) is 13.0 Å². The molecule has 0 unspecified atom stereocenters. The summed E-state index contributed by atoms with van der Waals surface area (Å²) in [6.07, 6.45) is 2.63. The highest BCUT2D eigenvalue weighted by molar-refractivity contribution is 6.01. The van der Waals surface area contributed by atoms with Crippen LogP contribution in [0.5, 0.6) is 0 Å². The molecule has 6 nitrogen and oxygen atoms in total. The van der Waals surface area contributed by atoms with Crippen molar-refractivity contribution >= 4 is 17.0 Å². The SMILES string of the molecule is CCc1nc2c(C(=O)O)cccc2n1Cc1ccn(C)n1. The summed E-state index contributed by atoms with van der Waals surface area (Å²) < 4.78 is 3.78. The van der Waals surface area contributed by atoms with Crippen molar-refractivity contribution in [1.82, 2.24) is 19.3 Å². The van der Waals surface area contributed by atoms with Crippen LogP contribution in [0.3, 0.4) is 0 Å². The van der Waals surface area contributed by atoms with E-state index in [1.807, 2.05) is 36.9 Å². The first-order chi connectivity index (χ1) is 10.1. The van der Waals surface area contributed by atoms with Crippen LogP contribution in [0.15, 0.2) is 30.5 Å². The normalized spacial score (nSPS) is 11.1. The van der Waals surface area contributed by atoms with Gasteiger partial charge in [-0.05, 0) is 18.2 Å². The molecule has 0 bridgehead atoms. The largest absolute Gasteiger partial charge is 0.478 e. The van der Waals surface area contributed by atoms with Crippen LogP contribution in [0, 0.1) is 0 Å². The maximum absolute atomic E-state index is 11.3. The molecule has 0 atom stereocenters. The van der Waals surface area contributed by atoms with Crippen LogP contribution in [-0.4, -0.2) is 30.4 Å². The molecule has 0 saturated heterocycles. The first-order valence-corrected chi connectivity index (χ1v) is 6.80. The van der Waals surface area contributed by atoms with Gasteiger partial charge in [0.1, 0.15) is 11.3 Å². The molecule has 1 N–H and O–H groups in total. The number of nitrogens with zero attached hydrogens (tertiary/aromatic N) is 4. The zero-order chi connectivity index (χ0) is 15.0. The van der Waals surface area contributed by atoms with E-state index in [1.54, 1.807) is 16.8 Å². The molecule has 6 heteroatoms. The van der Waals surface area contributed by atoms with Crippen molar-refractivity contribution in [3.8, 4) is 0 Å². The fourth-order valence-electron chi connectivity index (χ4n) is 2.52. The minimum absolute atomic E-state index is 0.238. The van der Waals surface area contributed by atoms with Crippen molar-refractivity contribution in [2.45, 2.75) is 19.9 Å². The summed E-state index contributed by atoms with van der Waals surface area (Å²) in [6, 6.07) is 7.19. The van der Waals surface area contributed by atoms with Crippen LogP contribution in [0.4, 0.5) is 0 Å². The third-order valence-electron chi connectivity index (χ3n) is 3.49. The van der Waals surface area contributed by atoms with E-state index in [-0.39, 0.29) is 5.56 Å². The van der Waals surface area contributed by atoms with Crippen molar-refractivity contribution in [2.75, 3.05) is 0 Å². The Labute approximate surface area is 121 Å². The molecule has 2 heterocycles. The second kappa shape index (κ2) is 5.05. The Morgan fingerprint density at radius 3 is 2.76 bits per heavy atom. The maximum Gasteiger partial charge on any atom is 0.337 e. The van der Waals surface area contributed by atoms with Crippen LogP contribution in [-0.2, 0) is 20.0 Å². The topological polar surface area (TPSA) is 72.9 Å². The second-order valence-electron chi connectivity index (χ2n) is 4.93. The molecule has 21 heavy (non-hydrogen) atoms. The second-order valence-corrected chi connectivity index (χ2v) is 4.93. The van der Waals surface area contributed by atoms with E-state index in [0.29, 0.717) is 12.1 Å². The van der Waals surface area contributed by atoms with Gasteiger partial charge < -0.3 is 9.67 Å². The Morgan fingerprint density at radius 2 is 2.14 bits per heavy atom. The lowest BCUT2D eigenvalue weighted by Crippen LogP contribution is -2.05. The number of rotatable bonds is 4. The van der Waals surface area contributed by atoms with E-state index in [4.69, 9.17) is 0 Å². The van der Waals surface area contributed by atoms with Crippen molar-refractivity contribution in [3.63, 3.8) is 0 Å². The maximum atomic E-state index is 11.3. The van der Waals surface area contributed by atoms with Crippen molar-refractivity contribution in [3.05, 3.63) is 47.5 Å². The highest BCUT2D eigenvalue weighted by atomic mass is 16.4. The lowest BCUT2D eigenvalue weighted by molar-refractivity contribution is 0.0699. The summed E-state index contributed by atoms with van der Waals surface area (Å²) in [5.74, 6) is -0.0879. The number of fused-ring (bicyclic) bond motifs is 1. The molecule has 0 spiro atoms. The van der Waals surface area contributed by atoms with E-state index >= 15 is 0 Å². The van der Waals surface area contributed by atoms with Gasteiger partial charge in [-0.2, -0.15) is 5.10 Å². The van der Waals surface area contributed by atoms with E-state index in [0.717, 1.165) is 23.5 Å². The Morgan fingerprint density at radius 1 is 1.33 bits per heavy atom. The van der Waals surface area contributed by atoms with Gasteiger partial charge in [0, 0.05) is 19.7 Å². The van der Waals surface area contributed by atoms with Crippen molar-refractivity contribution < 1.29 is 9.90 Å². The van der Waals surface area contributed by atoms with Crippen LogP contribution in [0.25, 0.3) is 11.0 Å². The lowest BCUT2D eigenvalue weighted by atomic mass is 10.2. The fraction of sp³-hybridized carbons (Fsp3) is 0.267. The average molecular weight is 284 g/mol. The zero-order valence-electron chi connectivity index (χ0n) is 11.9. The van der Waals surface area contributed by atoms with Crippen molar-refractivity contribution in [2.24, 2.45) is 7.05 Å².